The first kappa shape index (κ1) is 19.8. The molecule has 1 fully saturated rings. The number of carbonyl (C=O) groups is 2. The average molecular weight is 362 g/mol. The Morgan fingerprint density at radius 1 is 1.19 bits per heavy atom. The predicted octanol–water partition coefficient (Wildman–Crippen LogP) is 1.26. The van der Waals surface area contributed by atoms with E-state index in [1.54, 1.807) is 0 Å². The minimum atomic E-state index is -0.0870. The lowest BCUT2D eigenvalue weighted by Crippen LogP contribution is -2.43. The molecule has 1 aromatic rings. The van der Waals surface area contributed by atoms with Crippen molar-refractivity contribution < 1.29 is 9.59 Å². The Kier molecular flexibility index (Phi) is 7.50. The lowest BCUT2D eigenvalue weighted by atomic mass is 10.1. The summed E-state index contributed by atoms with van der Waals surface area (Å²) in [6.07, 6.45) is 4.73. The van der Waals surface area contributed by atoms with Crippen LogP contribution in [0.15, 0.2) is 18.3 Å². The number of nitrogens with one attached hydrogen (secondary N) is 3. The maximum atomic E-state index is 12.2. The molecule has 0 bridgehead atoms. The summed E-state index contributed by atoms with van der Waals surface area (Å²) in [7, 11) is 3.94. The van der Waals surface area contributed by atoms with Gasteiger partial charge < -0.3 is 25.8 Å². The SMILES string of the molecule is CC(=O)NCCNC(=O)N1CCCC(Nc2ccc(N(C)C)nc2)CC1. The summed E-state index contributed by atoms with van der Waals surface area (Å²) >= 11 is 0. The van der Waals surface area contributed by atoms with Crippen LogP contribution in [-0.2, 0) is 4.79 Å². The second kappa shape index (κ2) is 9.84. The summed E-state index contributed by atoms with van der Waals surface area (Å²) < 4.78 is 0. The van der Waals surface area contributed by atoms with E-state index in [0.29, 0.717) is 25.7 Å². The molecule has 26 heavy (non-hydrogen) atoms. The molecule has 3 N–H and O–H groups in total. The highest BCUT2D eigenvalue weighted by Gasteiger charge is 2.20. The number of urea groups is 1. The van der Waals surface area contributed by atoms with Gasteiger partial charge in [0.25, 0.3) is 0 Å². The van der Waals surface area contributed by atoms with Crippen LogP contribution in [-0.4, -0.2) is 68.1 Å². The molecule has 0 aromatic carbocycles. The Balaban J connectivity index is 1.76. The molecule has 1 aliphatic rings. The fraction of sp³-hybridized carbons (Fsp3) is 0.611. The number of nitrogens with zero attached hydrogens (tertiary/aromatic N) is 3. The van der Waals surface area contributed by atoms with E-state index in [1.807, 2.05) is 42.2 Å². The lowest BCUT2D eigenvalue weighted by molar-refractivity contribution is -0.118. The van der Waals surface area contributed by atoms with Gasteiger partial charge in [-0.05, 0) is 31.4 Å². The molecular formula is C18H30N6O2. The van der Waals surface area contributed by atoms with Crippen molar-refractivity contribution in [1.82, 2.24) is 20.5 Å². The largest absolute Gasteiger partial charge is 0.381 e. The smallest absolute Gasteiger partial charge is 0.317 e. The molecule has 8 nitrogen and oxygen atoms in total. The zero-order chi connectivity index (χ0) is 18.9. The molecule has 2 heterocycles. The standard InChI is InChI=1S/C18H30N6O2/c1-14(25)19-9-10-20-18(26)24-11-4-5-15(8-12-24)22-16-6-7-17(21-13-16)23(2)3/h6-7,13,15,22H,4-5,8-12H2,1-3H3,(H,19,25)(H,20,26). The van der Waals surface area contributed by atoms with Gasteiger partial charge in [0, 0.05) is 53.2 Å². The maximum absolute atomic E-state index is 12.2. The van der Waals surface area contributed by atoms with Gasteiger partial charge >= 0.3 is 6.03 Å². The third-order valence-electron chi connectivity index (χ3n) is 4.37. The molecule has 0 radical (unpaired) electrons. The molecule has 144 valence electrons. The van der Waals surface area contributed by atoms with Crippen LogP contribution in [0.3, 0.4) is 0 Å². The van der Waals surface area contributed by atoms with Gasteiger partial charge in [0.2, 0.25) is 5.91 Å². The molecule has 1 aliphatic heterocycles. The van der Waals surface area contributed by atoms with E-state index in [4.69, 9.17) is 0 Å². The van der Waals surface area contributed by atoms with Crippen LogP contribution < -0.4 is 20.9 Å². The second-order valence-corrected chi connectivity index (χ2v) is 6.77. The van der Waals surface area contributed by atoms with Crippen LogP contribution in [0.1, 0.15) is 26.2 Å². The van der Waals surface area contributed by atoms with Crippen LogP contribution in [0.5, 0.6) is 0 Å². The molecule has 0 spiro atoms. The fourth-order valence-corrected chi connectivity index (χ4v) is 2.94. The number of carbonyl (C=O) groups excluding carboxylic acids is 2. The quantitative estimate of drug-likeness (QED) is 0.663. The number of pyridine rings is 1. The van der Waals surface area contributed by atoms with Crippen molar-refractivity contribution in [2.45, 2.75) is 32.2 Å². The average Bonchev–Trinajstić information content (AvgIpc) is 2.84. The van der Waals surface area contributed by atoms with Crippen LogP contribution in [0, 0.1) is 0 Å². The van der Waals surface area contributed by atoms with Crippen LogP contribution in [0.4, 0.5) is 16.3 Å². The predicted molar refractivity (Wildman–Crippen MR) is 103 cm³/mol. The molecule has 0 saturated carbocycles. The Hall–Kier alpha value is -2.51. The fourth-order valence-electron chi connectivity index (χ4n) is 2.94. The molecule has 1 aromatic heterocycles. The van der Waals surface area contributed by atoms with E-state index < -0.39 is 0 Å². The van der Waals surface area contributed by atoms with Crippen molar-refractivity contribution in [3.8, 4) is 0 Å². The summed E-state index contributed by atoms with van der Waals surface area (Å²) in [5.41, 5.74) is 1.01. The number of aromatic nitrogens is 1. The maximum Gasteiger partial charge on any atom is 0.317 e. The Labute approximate surface area is 155 Å². The number of hydrogen-bond donors (Lipinski definition) is 3. The van der Waals surface area contributed by atoms with Crippen molar-refractivity contribution in [1.29, 1.82) is 0 Å². The Morgan fingerprint density at radius 2 is 1.96 bits per heavy atom. The lowest BCUT2D eigenvalue weighted by Gasteiger charge is -2.22. The van der Waals surface area contributed by atoms with E-state index in [2.05, 4.69) is 20.9 Å². The highest BCUT2D eigenvalue weighted by atomic mass is 16.2. The van der Waals surface area contributed by atoms with Crippen LogP contribution in [0.2, 0.25) is 0 Å². The van der Waals surface area contributed by atoms with E-state index in [1.165, 1.54) is 6.92 Å². The van der Waals surface area contributed by atoms with Crippen molar-refractivity contribution in [3.05, 3.63) is 18.3 Å². The summed E-state index contributed by atoms with van der Waals surface area (Å²) in [6.45, 7) is 3.83. The first-order chi connectivity index (χ1) is 12.5. The minimum Gasteiger partial charge on any atom is -0.381 e. The number of anilines is 2. The molecule has 3 amide bonds. The van der Waals surface area contributed by atoms with Crippen LogP contribution in [0.25, 0.3) is 0 Å². The van der Waals surface area contributed by atoms with Gasteiger partial charge in [0.05, 0.1) is 11.9 Å². The van der Waals surface area contributed by atoms with E-state index >= 15 is 0 Å². The van der Waals surface area contributed by atoms with Gasteiger partial charge in [-0.1, -0.05) is 0 Å². The normalized spacial score (nSPS) is 17.2. The van der Waals surface area contributed by atoms with Gasteiger partial charge in [0.1, 0.15) is 5.82 Å². The minimum absolute atomic E-state index is 0.0620. The highest BCUT2D eigenvalue weighted by Crippen LogP contribution is 2.18. The topological polar surface area (TPSA) is 89.6 Å². The molecule has 8 heteroatoms. The van der Waals surface area contributed by atoms with Gasteiger partial charge in [0.15, 0.2) is 0 Å². The van der Waals surface area contributed by atoms with Gasteiger partial charge in [-0.15, -0.1) is 0 Å². The zero-order valence-electron chi connectivity index (χ0n) is 15.9. The third kappa shape index (κ3) is 6.42. The van der Waals surface area contributed by atoms with Crippen molar-refractivity contribution in [2.24, 2.45) is 0 Å². The van der Waals surface area contributed by atoms with Crippen molar-refractivity contribution in [3.63, 3.8) is 0 Å². The zero-order valence-corrected chi connectivity index (χ0v) is 15.9. The van der Waals surface area contributed by atoms with Crippen molar-refractivity contribution >= 4 is 23.4 Å². The van der Waals surface area contributed by atoms with Crippen LogP contribution >= 0.6 is 0 Å². The van der Waals surface area contributed by atoms with Gasteiger partial charge in [-0.2, -0.15) is 0 Å². The molecule has 1 saturated heterocycles. The first-order valence-electron chi connectivity index (χ1n) is 9.13. The number of rotatable bonds is 6. The van der Waals surface area contributed by atoms with E-state index in [0.717, 1.165) is 37.3 Å². The van der Waals surface area contributed by atoms with E-state index in [9.17, 15) is 9.59 Å². The van der Waals surface area contributed by atoms with Crippen molar-refractivity contribution in [2.75, 3.05) is 50.5 Å². The Bertz CT molecular complexity index is 590. The number of hydrogen-bond acceptors (Lipinski definition) is 5. The number of amides is 3. The van der Waals surface area contributed by atoms with E-state index in [-0.39, 0.29) is 11.9 Å². The monoisotopic (exact) mass is 362 g/mol. The summed E-state index contributed by atoms with van der Waals surface area (Å²) in [6, 6.07) is 4.31. The Morgan fingerprint density at radius 3 is 2.62 bits per heavy atom. The number of likely N-dealkylation sites (tertiary alicyclic amines) is 1. The van der Waals surface area contributed by atoms with Gasteiger partial charge in [-0.3, -0.25) is 4.79 Å². The molecule has 0 aliphatic carbocycles. The van der Waals surface area contributed by atoms with Gasteiger partial charge in [-0.25, -0.2) is 9.78 Å². The summed E-state index contributed by atoms with van der Waals surface area (Å²) in [5.74, 6) is 0.842. The molecule has 1 unspecified atom stereocenters. The highest BCUT2D eigenvalue weighted by molar-refractivity contribution is 5.75. The first-order valence-corrected chi connectivity index (χ1v) is 9.13. The summed E-state index contributed by atoms with van der Waals surface area (Å²) in [4.78, 5) is 31.3. The third-order valence-corrected chi connectivity index (χ3v) is 4.37. The molecular weight excluding hydrogens is 332 g/mol. The summed E-state index contributed by atoms with van der Waals surface area (Å²) in [5, 5.41) is 9.05. The molecule has 1 atom stereocenters. The second-order valence-electron chi connectivity index (χ2n) is 6.77. The molecule has 2 rings (SSSR count).